The molecule has 3 rings (SSSR count). The minimum Gasteiger partial charge on any atom is -0.491 e. The molecule has 0 spiro atoms. The third kappa shape index (κ3) is 3.56. The van der Waals surface area contributed by atoms with Crippen LogP contribution < -0.4 is 10.1 Å². The SMILES string of the molecule is CCc1noc(C)c1CNC(=O)N1CCOc2cc(Br)ccc2C1. The molecule has 0 saturated heterocycles. The van der Waals surface area contributed by atoms with Gasteiger partial charge in [-0.1, -0.05) is 34.1 Å². The number of rotatable bonds is 3. The van der Waals surface area contributed by atoms with Crippen molar-refractivity contribution in [3.05, 3.63) is 45.3 Å². The Labute approximate surface area is 149 Å². The number of amides is 2. The van der Waals surface area contributed by atoms with Gasteiger partial charge < -0.3 is 19.5 Å². The fraction of sp³-hybridized carbons (Fsp3) is 0.412. The van der Waals surface area contributed by atoms with Gasteiger partial charge >= 0.3 is 6.03 Å². The molecule has 2 heterocycles. The Bertz CT molecular complexity index is 745. The first-order valence-corrected chi connectivity index (χ1v) is 8.75. The lowest BCUT2D eigenvalue weighted by Gasteiger charge is -2.20. The molecule has 0 fully saturated rings. The van der Waals surface area contributed by atoms with Crippen LogP contribution in [0.25, 0.3) is 0 Å². The van der Waals surface area contributed by atoms with Gasteiger partial charge in [-0.3, -0.25) is 0 Å². The molecule has 7 heteroatoms. The van der Waals surface area contributed by atoms with Crippen LogP contribution in [0.1, 0.15) is 29.5 Å². The highest BCUT2D eigenvalue weighted by molar-refractivity contribution is 9.10. The van der Waals surface area contributed by atoms with Crippen molar-refractivity contribution in [2.45, 2.75) is 33.4 Å². The number of nitrogens with one attached hydrogen (secondary N) is 1. The Morgan fingerprint density at radius 2 is 2.29 bits per heavy atom. The van der Waals surface area contributed by atoms with Gasteiger partial charge in [-0.05, 0) is 25.5 Å². The van der Waals surface area contributed by atoms with Crippen molar-refractivity contribution in [3.8, 4) is 5.75 Å². The highest BCUT2D eigenvalue weighted by atomic mass is 79.9. The van der Waals surface area contributed by atoms with Gasteiger partial charge in [0.05, 0.1) is 18.8 Å². The summed E-state index contributed by atoms with van der Waals surface area (Å²) in [4.78, 5) is 14.3. The molecule has 1 aromatic carbocycles. The Balaban J connectivity index is 1.67. The number of benzene rings is 1. The second-order valence-corrected chi connectivity index (χ2v) is 6.61. The summed E-state index contributed by atoms with van der Waals surface area (Å²) in [6, 6.07) is 5.75. The molecule has 0 bridgehead atoms. The Morgan fingerprint density at radius 1 is 1.46 bits per heavy atom. The fourth-order valence-electron chi connectivity index (χ4n) is 2.73. The van der Waals surface area contributed by atoms with E-state index >= 15 is 0 Å². The van der Waals surface area contributed by atoms with Crippen LogP contribution in [0.2, 0.25) is 0 Å². The van der Waals surface area contributed by atoms with Gasteiger partial charge in [-0.2, -0.15) is 0 Å². The summed E-state index contributed by atoms with van der Waals surface area (Å²) in [7, 11) is 0. The normalized spacial score (nSPS) is 13.9. The maximum Gasteiger partial charge on any atom is 0.318 e. The van der Waals surface area contributed by atoms with Crippen LogP contribution in [-0.4, -0.2) is 29.2 Å². The second-order valence-electron chi connectivity index (χ2n) is 5.70. The van der Waals surface area contributed by atoms with E-state index in [4.69, 9.17) is 9.26 Å². The van der Waals surface area contributed by atoms with Gasteiger partial charge in [0.2, 0.25) is 0 Å². The number of carbonyl (C=O) groups is 1. The first kappa shape index (κ1) is 16.8. The molecule has 2 amide bonds. The van der Waals surface area contributed by atoms with Crippen molar-refractivity contribution in [1.29, 1.82) is 0 Å². The second kappa shape index (κ2) is 7.25. The molecule has 1 aliphatic heterocycles. The van der Waals surface area contributed by atoms with Gasteiger partial charge in [0.25, 0.3) is 0 Å². The number of halogens is 1. The predicted molar refractivity (Wildman–Crippen MR) is 92.9 cm³/mol. The van der Waals surface area contributed by atoms with Gasteiger partial charge in [0.1, 0.15) is 18.1 Å². The van der Waals surface area contributed by atoms with Crippen molar-refractivity contribution in [3.63, 3.8) is 0 Å². The first-order valence-electron chi connectivity index (χ1n) is 7.96. The lowest BCUT2D eigenvalue weighted by atomic mass is 10.1. The highest BCUT2D eigenvalue weighted by Crippen LogP contribution is 2.27. The van der Waals surface area contributed by atoms with Crippen molar-refractivity contribution < 1.29 is 14.1 Å². The average Bonchev–Trinajstić information content (AvgIpc) is 2.79. The summed E-state index contributed by atoms with van der Waals surface area (Å²) in [5, 5.41) is 6.98. The summed E-state index contributed by atoms with van der Waals surface area (Å²) < 4.78 is 11.9. The monoisotopic (exact) mass is 393 g/mol. The van der Waals surface area contributed by atoms with Crippen LogP contribution in [0, 0.1) is 6.92 Å². The third-order valence-electron chi connectivity index (χ3n) is 4.11. The van der Waals surface area contributed by atoms with Crippen molar-refractivity contribution in [2.24, 2.45) is 0 Å². The van der Waals surface area contributed by atoms with Gasteiger partial charge in [0, 0.05) is 22.1 Å². The molecule has 6 nitrogen and oxygen atoms in total. The van der Waals surface area contributed by atoms with E-state index in [1.165, 1.54) is 0 Å². The number of aromatic nitrogens is 1. The number of ether oxygens (including phenoxy) is 1. The van der Waals surface area contributed by atoms with Crippen molar-refractivity contribution in [1.82, 2.24) is 15.4 Å². The minimum absolute atomic E-state index is 0.114. The smallest absolute Gasteiger partial charge is 0.318 e. The van der Waals surface area contributed by atoms with Crippen LogP contribution in [0.5, 0.6) is 5.75 Å². The molecule has 1 aliphatic rings. The quantitative estimate of drug-likeness (QED) is 0.867. The fourth-order valence-corrected chi connectivity index (χ4v) is 3.07. The zero-order valence-electron chi connectivity index (χ0n) is 13.8. The van der Waals surface area contributed by atoms with Crippen LogP contribution >= 0.6 is 15.9 Å². The zero-order valence-corrected chi connectivity index (χ0v) is 15.4. The molecule has 0 unspecified atom stereocenters. The van der Waals surface area contributed by atoms with Crippen LogP contribution in [0.3, 0.4) is 0 Å². The van der Waals surface area contributed by atoms with Gasteiger partial charge in [0.15, 0.2) is 0 Å². The van der Waals surface area contributed by atoms with Crippen molar-refractivity contribution in [2.75, 3.05) is 13.2 Å². The Kier molecular flexibility index (Phi) is 5.08. The number of aryl methyl sites for hydroxylation is 2. The highest BCUT2D eigenvalue weighted by Gasteiger charge is 2.21. The third-order valence-corrected chi connectivity index (χ3v) is 4.61. The van der Waals surface area contributed by atoms with E-state index in [1.807, 2.05) is 32.0 Å². The summed E-state index contributed by atoms with van der Waals surface area (Å²) in [5.74, 6) is 1.57. The molecular formula is C17H20BrN3O3. The Morgan fingerprint density at radius 3 is 3.08 bits per heavy atom. The molecule has 24 heavy (non-hydrogen) atoms. The largest absolute Gasteiger partial charge is 0.491 e. The molecule has 128 valence electrons. The maximum absolute atomic E-state index is 12.5. The standard InChI is InChI=1S/C17H20BrN3O3/c1-3-15-14(11(2)24-20-15)9-19-17(22)21-6-7-23-16-8-13(18)5-4-12(16)10-21/h4-5,8H,3,6-7,9-10H2,1-2H3,(H,19,22). The summed E-state index contributed by atoms with van der Waals surface area (Å²) in [6.45, 7) is 5.84. The topological polar surface area (TPSA) is 67.6 Å². The van der Waals surface area contributed by atoms with Crippen LogP contribution in [0.4, 0.5) is 4.79 Å². The maximum atomic E-state index is 12.5. The summed E-state index contributed by atoms with van der Waals surface area (Å²) >= 11 is 3.44. The van der Waals surface area contributed by atoms with E-state index < -0.39 is 0 Å². The number of hydrogen-bond acceptors (Lipinski definition) is 4. The molecule has 0 radical (unpaired) electrons. The Hall–Kier alpha value is -2.02. The molecule has 1 N–H and O–H groups in total. The number of fused-ring (bicyclic) bond motifs is 1. The molecule has 1 aromatic heterocycles. The molecule has 2 aromatic rings. The minimum atomic E-state index is -0.114. The van der Waals surface area contributed by atoms with Crippen LogP contribution in [-0.2, 0) is 19.5 Å². The average molecular weight is 394 g/mol. The van der Waals surface area contributed by atoms with E-state index in [0.29, 0.717) is 26.2 Å². The number of nitrogens with zero attached hydrogens (tertiary/aromatic N) is 2. The summed E-state index contributed by atoms with van der Waals surface area (Å²) in [5.41, 5.74) is 2.85. The van der Waals surface area contributed by atoms with Crippen LogP contribution in [0.15, 0.2) is 27.2 Å². The predicted octanol–water partition coefficient (Wildman–Crippen LogP) is 3.41. The van der Waals surface area contributed by atoms with E-state index in [9.17, 15) is 4.79 Å². The van der Waals surface area contributed by atoms with Gasteiger partial charge in [-0.15, -0.1) is 0 Å². The first-order chi connectivity index (χ1) is 11.6. The lowest BCUT2D eigenvalue weighted by Crippen LogP contribution is -2.40. The molecule has 0 saturated carbocycles. The molecule has 0 atom stereocenters. The molecule has 0 aliphatic carbocycles. The number of hydrogen-bond donors (Lipinski definition) is 1. The number of urea groups is 1. The van der Waals surface area contributed by atoms with E-state index in [0.717, 1.165) is 39.2 Å². The van der Waals surface area contributed by atoms with Gasteiger partial charge in [-0.25, -0.2) is 4.79 Å². The lowest BCUT2D eigenvalue weighted by molar-refractivity contribution is 0.187. The summed E-state index contributed by atoms with van der Waals surface area (Å²) in [6.07, 6.45) is 0.780. The van der Waals surface area contributed by atoms with E-state index in [-0.39, 0.29) is 6.03 Å². The van der Waals surface area contributed by atoms with E-state index in [2.05, 4.69) is 26.4 Å². The zero-order chi connectivity index (χ0) is 17.1. The molecular weight excluding hydrogens is 374 g/mol. The number of carbonyl (C=O) groups excluding carboxylic acids is 1. The van der Waals surface area contributed by atoms with Crippen molar-refractivity contribution >= 4 is 22.0 Å². The van der Waals surface area contributed by atoms with E-state index in [1.54, 1.807) is 4.90 Å².